The summed E-state index contributed by atoms with van der Waals surface area (Å²) < 4.78 is 30.7. The van der Waals surface area contributed by atoms with Crippen molar-refractivity contribution in [1.82, 2.24) is 33.6 Å². The van der Waals surface area contributed by atoms with Gasteiger partial charge in [0.2, 0.25) is 16.0 Å². The summed E-state index contributed by atoms with van der Waals surface area (Å²) in [7, 11) is 0.225. The number of hydrogen-bond donors (Lipinski definition) is 1. The Bertz CT molecular complexity index is 1240. The molecule has 0 amide bonds. The molecule has 4 heterocycles. The first kappa shape index (κ1) is 20.1. The minimum absolute atomic E-state index is 0.120. The second-order valence-electron chi connectivity index (χ2n) is 8.25. The number of hydrogen-bond acceptors (Lipinski definition) is 7. The Kier molecular flexibility index (Phi) is 4.82. The minimum Gasteiger partial charge on any atom is -0.351 e. The quantitative estimate of drug-likeness (QED) is 0.648. The summed E-state index contributed by atoms with van der Waals surface area (Å²) in [6, 6.07) is 0.120. The van der Waals surface area contributed by atoms with Crippen molar-refractivity contribution < 1.29 is 8.42 Å². The summed E-state index contributed by atoms with van der Waals surface area (Å²) in [5.41, 5.74) is 4.24. The molecule has 2 aliphatic rings. The molecule has 3 aromatic rings. The second kappa shape index (κ2) is 7.41. The summed E-state index contributed by atoms with van der Waals surface area (Å²) in [5.74, 6) is 1.56. The lowest BCUT2D eigenvalue weighted by atomic mass is 9.98. The Morgan fingerprint density at radius 2 is 1.87 bits per heavy atom. The molecule has 164 valence electrons. The van der Waals surface area contributed by atoms with Gasteiger partial charge in [-0.1, -0.05) is 0 Å². The number of nitrogens with one attached hydrogen (secondary N) is 1. The molecule has 1 N–H and O–H groups in total. The number of sulfonamides is 1. The molecular weight excluding hydrogens is 416 g/mol. The molecule has 0 spiro atoms. The van der Waals surface area contributed by atoms with Crippen molar-refractivity contribution in [3.05, 3.63) is 35.7 Å². The van der Waals surface area contributed by atoms with E-state index in [2.05, 4.69) is 25.0 Å². The highest BCUT2D eigenvalue weighted by Gasteiger charge is 2.31. The van der Waals surface area contributed by atoms with Gasteiger partial charge < -0.3 is 9.88 Å². The highest BCUT2D eigenvalue weighted by molar-refractivity contribution is 7.89. The number of imidazole rings is 1. The minimum atomic E-state index is -3.50. The standard InChI is InChI=1S/C20H26N8O2S/c1-13-23-17-5-4-14-10-21-20(25-18(14)19(17)27(13)3)24-15-6-8-28(9-7-15)31(29,30)16-11-22-26(2)12-16/h10-12,15H,4-9H2,1-3H3,(H,21,24,25). The maximum atomic E-state index is 12.8. The van der Waals surface area contributed by atoms with Crippen LogP contribution < -0.4 is 5.32 Å². The summed E-state index contributed by atoms with van der Waals surface area (Å²) in [5, 5.41) is 7.40. The first-order valence-corrected chi connectivity index (χ1v) is 11.9. The molecule has 0 aromatic carbocycles. The molecule has 0 atom stereocenters. The smallest absolute Gasteiger partial charge is 0.246 e. The van der Waals surface area contributed by atoms with E-state index < -0.39 is 10.0 Å². The van der Waals surface area contributed by atoms with Gasteiger partial charge in [0.25, 0.3) is 0 Å². The van der Waals surface area contributed by atoms with Crippen molar-refractivity contribution in [3.8, 4) is 11.4 Å². The van der Waals surface area contributed by atoms with Crippen molar-refractivity contribution in [3.63, 3.8) is 0 Å². The first-order valence-electron chi connectivity index (χ1n) is 10.5. The van der Waals surface area contributed by atoms with Crippen LogP contribution in [0.15, 0.2) is 23.5 Å². The van der Waals surface area contributed by atoms with E-state index in [1.54, 1.807) is 7.05 Å². The topological polar surface area (TPSA) is 111 Å². The van der Waals surface area contributed by atoms with Crippen molar-refractivity contribution in [2.45, 2.75) is 43.5 Å². The van der Waals surface area contributed by atoms with Crippen LogP contribution in [0.25, 0.3) is 11.4 Å². The van der Waals surface area contributed by atoms with Crippen LogP contribution in [-0.4, -0.2) is 61.2 Å². The average Bonchev–Trinajstić information content (AvgIpc) is 3.32. The van der Waals surface area contributed by atoms with Gasteiger partial charge in [-0.2, -0.15) is 9.40 Å². The van der Waals surface area contributed by atoms with Gasteiger partial charge in [0.1, 0.15) is 10.7 Å². The zero-order valence-electron chi connectivity index (χ0n) is 17.9. The monoisotopic (exact) mass is 442 g/mol. The molecule has 1 aliphatic heterocycles. The predicted octanol–water partition coefficient (Wildman–Crippen LogP) is 1.28. The van der Waals surface area contributed by atoms with Crippen LogP contribution in [0.1, 0.15) is 29.9 Å². The third kappa shape index (κ3) is 3.51. The van der Waals surface area contributed by atoms with Crippen LogP contribution in [0.4, 0.5) is 5.95 Å². The van der Waals surface area contributed by atoms with E-state index in [1.165, 1.54) is 21.4 Å². The van der Waals surface area contributed by atoms with Crippen molar-refractivity contribution in [1.29, 1.82) is 0 Å². The molecule has 1 aliphatic carbocycles. The fourth-order valence-electron chi connectivity index (χ4n) is 4.37. The number of piperidine rings is 1. The molecule has 31 heavy (non-hydrogen) atoms. The van der Waals surface area contributed by atoms with E-state index in [1.807, 2.05) is 20.2 Å². The van der Waals surface area contributed by atoms with E-state index >= 15 is 0 Å². The largest absolute Gasteiger partial charge is 0.351 e. The first-order chi connectivity index (χ1) is 14.8. The zero-order valence-corrected chi connectivity index (χ0v) is 18.7. The lowest BCUT2D eigenvalue weighted by molar-refractivity contribution is 0.329. The lowest BCUT2D eigenvalue weighted by Gasteiger charge is -2.31. The Morgan fingerprint density at radius 1 is 1.10 bits per heavy atom. The molecule has 0 saturated carbocycles. The summed E-state index contributed by atoms with van der Waals surface area (Å²) in [6.45, 7) is 2.90. The van der Waals surface area contributed by atoms with Crippen LogP contribution in [0.2, 0.25) is 0 Å². The summed E-state index contributed by atoms with van der Waals surface area (Å²) >= 11 is 0. The van der Waals surface area contributed by atoms with Gasteiger partial charge >= 0.3 is 0 Å². The highest BCUT2D eigenvalue weighted by atomic mass is 32.2. The third-order valence-corrected chi connectivity index (χ3v) is 8.07. The molecule has 1 fully saturated rings. The van der Waals surface area contributed by atoms with Crippen molar-refractivity contribution >= 4 is 16.0 Å². The molecule has 0 unspecified atom stereocenters. The fourth-order valence-corrected chi connectivity index (χ4v) is 5.83. The van der Waals surface area contributed by atoms with Gasteiger partial charge in [0.15, 0.2) is 0 Å². The maximum absolute atomic E-state index is 12.8. The number of anilines is 1. The van der Waals surface area contributed by atoms with E-state index in [4.69, 9.17) is 4.98 Å². The van der Waals surface area contributed by atoms with Crippen LogP contribution in [-0.2, 0) is 37.0 Å². The molecule has 0 radical (unpaired) electrons. The number of nitrogens with zero attached hydrogens (tertiary/aromatic N) is 7. The fraction of sp³-hybridized carbons (Fsp3) is 0.500. The molecule has 10 nitrogen and oxygen atoms in total. The van der Waals surface area contributed by atoms with Gasteiger partial charge in [-0.25, -0.2) is 23.4 Å². The Balaban J connectivity index is 1.30. The van der Waals surface area contributed by atoms with E-state index in [0.29, 0.717) is 31.9 Å². The molecule has 1 saturated heterocycles. The Hall–Kier alpha value is -2.79. The molecule has 3 aromatic heterocycles. The van der Waals surface area contributed by atoms with Crippen LogP contribution in [0, 0.1) is 6.92 Å². The summed E-state index contributed by atoms with van der Waals surface area (Å²) in [6.07, 6.45) is 8.02. The second-order valence-corrected chi connectivity index (χ2v) is 10.2. The highest BCUT2D eigenvalue weighted by Crippen LogP contribution is 2.32. The third-order valence-electron chi connectivity index (χ3n) is 6.22. The van der Waals surface area contributed by atoms with E-state index in [9.17, 15) is 8.42 Å². The summed E-state index contributed by atoms with van der Waals surface area (Å²) in [4.78, 5) is 14.2. The molecular formula is C20H26N8O2S. The van der Waals surface area contributed by atoms with Gasteiger partial charge in [-0.05, 0) is 38.2 Å². The number of aryl methyl sites for hydroxylation is 4. The van der Waals surface area contributed by atoms with Gasteiger partial charge in [0, 0.05) is 45.6 Å². The Labute approximate surface area is 181 Å². The number of fused-ring (bicyclic) bond motifs is 3. The van der Waals surface area contributed by atoms with Gasteiger partial charge in [-0.15, -0.1) is 0 Å². The predicted molar refractivity (Wildman–Crippen MR) is 115 cm³/mol. The van der Waals surface area contributed by atoms with Crippen molar-refractivity contribution in [2.24, 2.45) is 14.1 Å². The lowest BCUT2D eigenvalue weighted by Crippen LogP contribution is -2.42. The number of aromatic nitrogens is 6. The zero-order chi connectivity index (χ0) is 21.8. The molecule has 11 heteroatoms. The Morgan fingerprint density at radius 3 is 2.58 bits per heavy atom. The average molecular weight is 443 g/mol. The maximum Gasteiger partial charge on any atom is 0.246 e. The molecule has 5 rings (SSSR count). The van der Waals surface area contributed by atoms with E-state index in [-0.39, 0.29) is 10.9 Å². The van der Waals surface area contributed by atoms with Crippen LogP contribution in [0.5, 0.6) is 0 Å². The SMILES string of the molecule is Cc1nc2c(n1C)-c1nc(NC3CCN(S(=O)(=O)c4cnn(C)c4)CC3)ncc1CC2. The van der Waals surface area contributed by atoms with Crippen LogP contribution >= 0.6 is 0 Å². The normalized spacial score (nSPS) is 17.4. The van der Waals surface area contributed by atoms with Crippen molar-refractivity contribution in [2.75, 3.05) is 18.4 Å². The van der Waals surface area contributed by atoms with Gasteiger partial charge in [0.05, 0.1) is 23.3 Å². The van der Waals surface area contributed by atoms with Crippen LogP contribution in [0.3, 0.4) is 0 Å². The van der Waals surface area contributed by atoms with Gasteiger partial charge in [-0.3, -0.25) is 4.68 Å². The molecule has 0 bridgehead atoms. The van der Waals surface area contributed by atoms with E-state index in [0.717, 1.165) is 41.3 Å². The number of rotatable bonds is 4.